The normalized spacial score (nSPS) is 15.6. The lowest BCUT2D eigenvalue weighted by molar-refractivity contribution is -0.117. The fourth-order valence-electron chi connectivity index (χ4n) is 2.14. The zero-order valence-corrected chi connectivity index (χ0v) is 12.0. The number of nitrogens with zero attached hydrogens (tertiary/aromatic N) is 1. The highest BCUT2D eigenvalue weighted by Gasteiger charge is 2.22. The lowest BCUT2D eigenvalue weighted by Crippen LogP contribution is -2.48. The number of carbonyl (C=O) groups is 2. The predicted octanol–water partition coefficient (Wildman–Crippen LogP) is 1.28. The van der Waals surface area contributed by atoms with Crippen molar-refractivity contribution >= 4 is 17.5 Å². The van der Waals surface area contributed by atoms with Gasteiger partial charge in [0.15, 0.2) is 0 Å². The third kappa shape index (κ3) is 3.17. The van der Waals surface area contributed by atoms with Crippen LogP contribution in [-0.2, 0) is 4.79 Å². The van der Waals surface area contributed by atoms with E-state index in [1.807, 2.05) is 26.0 Å². The second-order valence-corrected chi connectivity index (χ2v) is 5.74. The SMILES string of the molecule is CC(C)(CN)NC(=O)c1ccc(N2CCCC2=O)cc1. The van der Waals surface area contributed by atoms with E-state index >= 15 is 0 Å². The molecule has 1 aliphatic rings. The van der Waals surface area contributed by atoms with Crippen molar-refractivity contribution in [1.82, 2.24) is 5.32 Å². The molecule has 0 bridgehead atoms. The van der Waals surface area contributed by atoms with Gasteiger partial charge in [0.25, 0.3) is 5.91 Å². The van der Waals surface area contributed by atoms with Crippen LogP contribution in [0.5, 0.6) is 0 Å². The van der Waals surface area contributed by atoms with Crippen LogP contribution in [0.3, 0.4) is 0 Å². The molecule has 0 aromatic heterocycles. The lowest BCUT2D eigenvalue weighted by atomic mass is 10.1. The van der Waals surface area contributed by atoms with Crippen LogP contribution in [0.15, 0.2) is 24.3 Å². The van der Waals surface area contributed by atoms with Gasteiger partial charge in [0.05, 0.1) is 0 Å². The van der Waals surface area contributed by atoms with Crippen LogP contribution >= 0.6 is 0 Å². The molecule has 1 aromatic carbocycles. The van der Waals surface area contributed by atoms with E-state index in [2.05, 4.69) is 5.32 Å². The molecule has 0 spiro atoms. The Bertz CT molecular complexity index is 508. The summed E-state index contributed by atoms with van der Waals surface area (Å²) in [6, 6.07) is 7.10. The molecule has 1 aliphatic heterocycles. The number of amides is 2. The van der Waals surface area contributed by atoms with Crippen molar-refractivity contribution in [3.63, 3.8) is 0 Å². The summed E-state index contributed by atoms with van der Waals surface area (Å²) in [4.78, 5) is 25.5. The molecule has 0 unspecified atom stereocenters. The van der Waals surface area contributed by atoms with E-state index in [0.717, 1.165) is 18.7 Å². The van der Waals surface area contributed by atoms with Crippen LogP contribution in [0.25, 0.3) is 0 Å². The molecule has 0 saturated carbocycles. The Balaban J connectivity index is 2.08. The molecule has 3 N–H and O–H groups in total. The van der Waals surface area contributed by atoms with Gasteiger partial charge in [-0.25, -0.2) is 0 Å². The molecule has 5 nitrogen and oxygen atoms in total. The van der Waals surface area contributed by atoms with E-state index in [4.69, 9.17) is 5.73 Å². The van der Waals surface area contributed by atoms with Crippen molar-refractivity contribution in [2.45, 2.75) is 32.2 Å². The van der Waals surface area contributed by atoms with Gasteiger partial charge in [-0.15, -0.1) is 0 Å². The number of rotatable bonds is 4. The Morgan fingerprint density at radius 1 is 1.35 bits per heavy atom. The second-order valence-electron chi connectivity index (χ2n) is 5.74. The second kappa shape index (κ2) is 5.63. The largest absolute Gasteiger partial charge is 0.346 e. The van der Waals surface area contributed by atoms with Crippen LogP contribution in [-0.4, -0.2) is 30.4 Å². The number of carbonyl (C=O) groups excluding carboxylic acids is 2. The zero-order chi connectivity index (χ0) is 14.8. The first-order chi connectivity index (χ1) is 9.43. The third-order valence-corrected chi connectivity index (χ3v) is 3.48. The van der Waals surface area contributed by atoms with Crippen LogP contribution in [0, 0.1) is 0 Å². The fraction of sp³-hybridized carbons (Fsp3) is 0.467. The standard InChI is InChI=1S/C15H21N3O2/c1-15(2,10-16)17-14(20)11-5-7-12(8-6-11)18-9-3-4-13(18)19/h5-8H,3-4,9-10,16H2,1-2H3,(H,17,20). The minimum absolute atomic E-state index is 0.145. The summed E-state index contributed by atoms with van der Waals surface area (Å²) in [5.74, 6) is -0.00813. The summed E-state index contributed by atoms with van der Waals surface area (Å²) in [7, 11) is 0. The Morgan fingerprint density at radius 2 is 2.00 bits per heavy atom. The molecule has 108 valence electrons. The van der Waals surface area contributed by atoms with Gasteiger partial charge in [0.2, 0.25) is 5.91 Å². The van der Waals surface area contributed by atoms with Gasteiger partial charge in [0, 0.05) is 36.3 Å². The lowest BCUT2D eigenvalue weighted by Gasteiger charge is -2.24. The van der Waals surface area contributed by atoms with Gasteiger partial charge >= 0.3 is 0 Å². The monoisotopic (exact) mass is 275 g/mol. The van der Waals surface area contributed by atoms with E-state index in [9.17, 15) is 9.59 Å². The number of anilines is 1. The first kappa shape index (κ1) is 14.5. The van der Waals surface area contributed by atoms with Gasteiger partial charge in [-0.05, 0) is 44.5 Å². The minimum atomic E-state index is -0.430. The van der Waals surface area contributed by atoms with E-state index in [1.165, 1.54) is 0 Å². The summed E-state index contributed by atoms with van der Waals surface area (Å²) in [5, 5.41) is 2.88. The Kier molecular flexibility index (Phi) is 4.09. The Morgan fingerprint density at radius 3 is 2.50 bits per heavy atom. The van der Waals surface area contributed by atoms with E-state index in [0.29, 0.717) is 18.5 Å². The molecule has 2 rings (SSSR count). The molecule has 20 heavy (non-hydrogen) atoms. The summed E-state index contributed by atoms with van der Waals surface area (Å²) in [6.07, 6.45) is 1.50. The number of hydrogen-bond donors (Lipinski definition) is 2. The molecule has 1 fully saturated rings. The van der Waals surface area contributed by atoms with Crippen molar-refractivity contribution in [1.29, 1.82) is 0 Å². The summed E-state index contributed by atoms with van der Waals surface area (Å²) >= 11 is 0. The van der Waals surface area contributed by atoms with Crippen molar-refractivity contribution < 1.29 is 9.59 Å². The maximum atomic E-state index is 12.1. The molecular formula is C15H21N3O2. The highest BCUT2D eigenvalue weighted by Crippen LogP contribution is 2.21. The van der Waals surface area contributed by atoms with Crippen LogP contribution in [0.2, 0.25) is 0 Å². The minimum Gasteiger partial charge on any atom is -0.346 e. The van der Waals surface area contributed by atoms with Crippen LogP contribution < -0.4 is 16.0 Å². The van der Waals surface area contributed by atoms with Gasteiger partial charge in [-0.1, -0.05) is 0 Å². The van der Waals surface area contributed by atoms with Crippen molar-refractivity contribution in [3.05, 3.63) is 29.8 Å². The molecule has 0 atom stereocenters. The summed E-state index contributed by atoms with van der Waals surface area (Å²) < 4.78 is 0. The van der Waals surface area contributed by atoms with E-state index in [1.54, 1.807) is 17.0 Å². The number of benzene rings is 1. The molecule has 1 aromatic rings. The molecule has 0 radical (unpaired) electrons. The van der Waals surface area contributed by atoms with Gasteiger partial charge < -0.3 is 16.0 Å². The van der Waals surface area contributed by atoms with Gasteiger partial charge in [-0.2, -0.15) is 0 Å². The van der Waals surface area contributed by atoms with E-state index < -0.39 is 5.54 Å². The average Bonchev–Trinajstić information content (AvgIpc) is 2.85. The maximum Gasteiger partial charge on any atom is 0.251 e. The highest BCUT2D eigenvalue weighted by molar-refractivity contribution is 5.97. The van der Waals surface area contributed by atoms with Crippen molar-refractivity contribution in [2.24, 2.45) is 5.73 Å². The van der Waals surface area contributed by atoms with Crippen molar-refractivity contribution in [2.75, 3.05) is 18.0 Å². The third-order valence-electron chi connectivity index (χ3n) is 3.48. The maximum absolute atomic E-state index is 12.1. The number of nitrogens with two attached hydrogens (primary N) is 1. The van der Waals surface area contributed by atoms with Crippen molar-refractivity contribution in [3.8, 4) is 0 Å². The zero-order valence-electron chi connectivity index (χ0n) is 12.0. The van der Waals surface area contributed by atoms with Gasteiger partial charge in [-0.3, -0.25) is 9.59 Å². The smallest absolute Gasteiger partial charge is 0.251 e. The Labute approximate surface area is 119 Å². The predicted molar refractivity (Wildman–Crippen MR) is 78.6 cm³/mol. The quantitative estimate of drug-likeness (QED) is 0.869. The Hall–Kier alpha value is -1.88. The average molecular weight is 275 g/mol. The molecule has 2 amide bonds. The molecular weight excluding hydrogens is 254 g/mol. The first-order valence-corrected chi connectivity index (χ1v) is 6.86. The summed E-state index contributed by atoms with van der Waals surface area (Å²) in [5.41, 5.74) is 6.59. The van der Waals surface area contributed by atoms with Crippen LogP contribution in [0.1, 0.15) is 37.0 Å². The molecule has 1 heterocycles. The fourth-order valence-corrected chi connectivity index (χ4v) is 2.14. The molecule has 0 aliphatic carbocycles. The summed E-state index contributed by atoms with van der Waals surface area (Å²) in [6.45, 7) is 4.88. The molecule has 1 saturated heterocycles. The molecule has 5 heteroatoms. The number of hydrogen-bond acceptors (Lipinski definition) is 3. The topological polar surface area (TPSA) is 75.4 Å². The first-order valence-electron chi connectivity index (χ1n) is 6.86. The van der Waals surface area contributed by atoms with Gasteiger partial charge in [0.1, 0.15) is 0 Å². The number of nitrogens with one attached hydrogen (secondary N) is 1. The van der Waals surface area contributed by atoms with Crippen LogP contribution in [0.4, 0.5) is 5.69 Å². The van der Waals surface area contributed by atoms with E-state index in [-0.39, 0.29) is 11.8 Å². The highest BCUT2D eigenvalue weighted by atomic mass is 16.2.